The SMILES string of the molecule is c1ccn2c(CCNCCC3CCCCC3)nnc2c1. The Hall–Kier alpha value is -1.42. The predicted octanol–water partition coefficient (Wildman–Crippen LogP) is 2.83. The van der Waals surface area contributed by atoms with Gasteiger partial charge in [0.2, 0.25) is 0 Å². The van der Waals surface area contributed by atoms with Gasteiger partial charge < -0.3 is 5.32 Å². The molecular weight excluding hydrogens is 248 g/mol. The number of aromatic nitrogens is 3. The molecule has 0 radical (unpaired) electrons. The minimum absolute atomic E-state index is 0.935. The van der Waals surface area contributed by atoms with Gasteiger partial charge in [0.05, 0.1) is 0 Å². The Morgan fingerprint density at radius 1 is 1.10 bits per heavy atom. The van der Waals surface area contributed by atoms with Crippen LogP contribution in [0, 0.1) is 5.92 Å². The minimum atomic E-state index is 0.935. The van der Waals surface area contributed by atoms with Gasteiger partial charge >= 0.3 is 0 Å². The van der Waals surface area contributed by atoms with E-state index in [0.717, 1.165) is 36.9 Å². The van der Waals surface area contributed by atoms with Crippen molar-refractivity contribution in [2.24, 2.45) is 5.92 Å². The Morgan fingerprint density at radius 2 is 2.00 bits per heavy atom. The van der Waals surface area contributed by atoms with Gasteiger partial charge in [-0.25, -0.2) is 0 Å². The van der Waals surface area contributed by atoms with E-state index in [-0.39, 0.29) is 0 Å². The van der Waals surface area contributed by atoms with Crippen LogP contribution in [0.15, 0.2) is 24.4 Å². The second-order valence-corrected chi connectivity index (χ2v) is 5.84. The molecule has 4 nitrogen and oxygen atoms in total. The predicted molar refractivity (Wildman–Crippen MR) is 80.8 cm³/mol. The van der Waals surface area contributed by atoms with Gasteiger partial charge in [-0.15, -0.1) is 10.2 Å². The molecule has 2 aromatic heterocycles. The average Bonchev–Trinajstić information content (AvgIpc) is 2.91. The summed E-state index contributed by atoms with van der Waals surface area (Å²) in [5, 5.41) is 12.0. The Labute approximate surface area is 120 Å². The summed E-state index contributed by atoms with van der Waals surface area (Å²) in [6, 6.07) is 6.01. The van der Waals surface area contributed by atoms with Gasteiger partial charge in [0, 0.05) is 19.2 Å². The molecule has 3 rings (SSSR count). The molecule has 20 heavy (non-hydrogen) atoms. The third-order valence-corrected chi connectivity index (χ3v) is 4.36. The van der Waals surface area contributed by atoms with Crippen molar-refractivity contribution in [2.45, 2.75) is 44.9 Å². The highest BCUT2D eigenvalue weighted by Crippen LogP contribution is 2.25. The van der Waals surface area contributed by atoms with Crippen LogP contribution in [-0.2, 0) is 6.42 Å². The molecule has 2 heterocycles. The van der Waals surface area contributed by atoms with Gasteiger partial charge in [-0.3, -0.25) is 4.40 Å². The maximum atomic E-state index is 4.26. The summed E-state index contributed by atoms with van der Waals surface area (Å²) in [7, 11) is 0. The number of hydrogen-bond acceptors (Lipinski definition) is 3. The lowest BCUT2D eigenvalue weighted by Gasteiger charge is -2.21. The van der Waals surface area contributed by atoms with Crippen LogP contribution >= 0.6 is 0 Å². The Balaban J connectivity index is 1.39. The first kappa shape index (κ1) is 13.6. The molecule has 1 fully saturated rings. The highest BCUT2D eigenvalue weighted by atomic mass is 15.2. The molecule has 0 unspecified atom stereocenters. The first-order valence-electron chi connectivity index (χ1n) is 7.93. The summed E-state index contributed by atoms with van der Waals surface area (Å²) in [4.78, 5) is 0. The van der Waals surface area contributed by atoms with Gasteiger partial charge in [-0.2, -0.15) is 0 Å². The smallest absolute Gasteiger partial charge is 0.160 e. The van der Waals surface area contributed by atoms with Crippen LogP contribution in [0.3, 0.4) is 0 Å². The number of nitrogens with one attached hydrogen (secondary N) is 1. The fraction of sp³-hybridized carbons (Fsp3) is 0.625. The van der Waals surface area contributed by atoms with Gasteiger partial charge in [-0.1, -0.05) is 38.2 Å². The number of fused-ring (bicyclic) bond motifs is 1. The molecule has 0 aliphatic heterocycles. The lowest BCUT2D eigenvalue weighted by molar-refractivity contribution is 0.334. The summed E-state index contributed by atoms with van der Waals surface area (Å²) < 4.78 is 2.07. The summed E-state index contributed by atoms with van der Waals surface area (Å²) in [6.07, 6.45) is 11.5. The molecule has 0 atom stereocenters. The zero-order valence-electron chi connectivity index (χ0n) is 12.1. The van der Waals surface area contributed by atoms with Crippen LogP contribution < -0.4 is 5.32 Å². The van der Waals surface area contributed by atoms with E-state index in [1.807, 2.05) is 24.4 Å². The Morgan fingerprint density at radius 3 is 2.90 bits per heavy atom. The second kappa shape index (κ2) is 6.84. The molecule has 108 valence electrons. The highest BCUT2D eigenvalue weighted by Gasteiger charge is 2.12. The molecule has 1 aliphatic rings. The van der Waals surface area contributed by atoms with Gasteiger partial charge in [0.1, 0.15) is 5.82 Å². The normalized spacial score (nSPS) is 16.8. The number of hydrogen-bond donors (Lipinski definition) is 1. The number of pyridine rings is 1. The lowest BCUT2D eigenvalue weighted by Crippen LogP contribution is -2.22. The van der Waals surface area contributed by atoms with Gasteiger partial charge in [0.25, 0.3) is 0 Å². The van der Waals surface area contributed by atoms with Crippen LogP contribution in [0.5, 0.6) is 0 Å². The van der Waals surface area contributed by atoms with E-state index in [0.29, 0.717) is 0 Å². The summed E-state index contributed by atoms with van der Waals surface area (Å²) in [6.45, 7) is 2.13. The Kier molecular flexibility index (Phi) is 4.64. The molecule has 0 spiro atoms. The second-order valence-electron chi connectivity index (χ2n) is 5.84. The molecule has 1 N–H and O–H groups in total. The molecule has 1 saturated carbocycles. The quantitative estimate of drug-likeness (QED) is 0.822. The maximum Gasteiger partial charge on any atom is 0.160 e. The van der Waals surface area contributed by atoms with Crippen molar-refractivity contribution in [3.05, 3.63) is 30.2 Å². The molecule has 0 amide bonds. The van der Waals surface area contributed by atoms with Crippen molar-refractivity contribution in [3.8, 4) is 0 Å². The number of nitrogens with zero attached hydrogens (tertiary/aromatic N) is 3. The molecule has 4 heteroatoms. The van der Waals surface area contributed by atoms with Crippen LogP contribution in [0.25, 0.3) is 5.65 Å². The highest BCUT2D eigenvalue weighted by molar-refractivity contribution is 5.36. The standard InChI is InChI=1S/C16H24N4/c1-2-6-14(7-3-1)9-11-17-12-10-16-19-18-15-8-4-5-13-20(15)16/h4-5,8,13-14,17H,1-3,6-7,9-12H2. The van der Waals surface area contributed by atoms with E-state index in [2.05, 4.69) is 19.9 Å². The largest absolute Gasteiger partial charge is 0.316 e. The molecule has 2 aromatic rings. The Bertz CT molecular complexity index is 528. The zero-order valence-corrected chi connectivity index (χ0v) is 12.1. The fourth-order valence-electron chi connectivity index (χ4n) is 3.17. The molecular formula is C16H24N4. The van der Waals surface area contributed by atoms with E-state index in [1.54, 1.807) is 0 Å². The third-order valence-electron chi connectivity index (χ3n) is 4.36. The van der Waals surface area contributed by atoms with Gasteiger partial charge in [-0.05, 0) is 31.0 Å². The fourth-order valence-corrected chi connectivity index (χ4v) is 3.17. The van der Waals surface area contributed by atoms with Crippen molar-refractivity contribution in [3.63, 3.8) is 0 Å². The summed E-state index contributed by atoms with van der Waals surface area (Å²) in [5.41, 5.74) is 0.935. The maximum absolute atomic E-state index is 4.26. The van der Waals surface area contributed by atoms with E-state index in [4.69, 9.17) is 0 Å². The average molecular weight is 272 g/mol. The van der Waals surface area contributed by atoms with E-state index < -0.39 is 0 Å². The molecule has 0 aromatic carbocycles. The first-order valence-corrected chi connectivity index (χ1v) is 7.93. The van der Waals surface area contributed by atoms with E-state index >= 15 is 0 Å². The first-order chi connectivity index (χ1) is 9.93. The summed E-state index contributed by atoms with van der Waals surface area (Å²) in [5.74, 6) is 2.01. The monoisotopic (exact) mass is 272 g/mol. The molecule has 0 bridgehead atoms. The van der Waals surface area contributed by atoms with Crippen molar-refractivity contribution in [1.29, 1.82) is 0 Å². The van der Waals surface area contributed by atoms with Crippen LogP contribution in [0.2, 0.25) is 0 Å². The molecule has 0 saturated heterocycles. The van der Waals surface area contributed by atoms with Crippen molar-refractivity contribution in [2.75, 3.05) is 13.1 Å². The topological polar surface area (TPSA) is 42.2 Å². The van der Waals surface area contributed by atoms with E-state index in [9.17, 15) is 0 Å². The van der Waals surface area contributed by atoms with Crippen LogP contribution in [-0.4, -0.2) is 27.7 Å². The van der Waals surface area contributed by atoms with Crippen LogP contribution in [0.1, 0.15) is 44.3 Å². The van der Waals surface area contributed by atoms with Gasteiger partial charge in [0.15, 0.2) is 5.65 Å². The number of rotatable bonds is 6. The van der Waals surface area contributed by atoms with Crippen LogP contribution in [0.4, 0.5) is 0 Å². The zero-order chi connectivity index (χ0) is 13.6. The molecule has 1 aliphatic carbocycles. The minimum Gasteiger partial charge on any atom is -0.316 e. The van der Waals surface area contributed by atoms with Crippen molar-refractivity contribution >= 4 is 5.65 Å². The summed E-state index contributed by atoms with van der Waals surface area (Å²) >= 11 is 0. The third kappa shape index (κ3) is 3.37. The lowest BCUT2D eigenvalue weighted by atomic mass is 9.87. The van der Waals surface area contributed by atoms with Crippen molar-refractivity contribution < 1.29 is 0 Å². The van der Waals surface area contributed by atoms with E-state index in [1.165, 1.54) is 38.5 Å². The van der Waals surface area contributed by atoms with Crippen molar-refractivity contribution in [1.82, 2.24) is 19.9 Å².